The highest BCUT2D eigenvalue weighted by molar-refractivity contribution is 8.00. The molecule has 2 amide bonds. The number of nitrogens with zero attached hydrogens (tertiary/aromatic N) is 3. The molecule has 1 aliphatic carbocycles. The molecule has 4 aromatic rings. The van der Waals surface area contributed by atoms with Gasteiger partial charge >= 0.3 is 5.97 Å². The van der Waals surface area contributed by atoms with Crippen molar-refractivity contribution in [2.75, 3.05) is 19.0 Å². The fourth-order valence-electron chi connectivity index (χ4n) is 4.88. The van der Waals surface area contributed by atoms with Crippen LogP contribution in [0, 0.1) is 0 Å². The summed E-state index contributed by atoms with van der Waals surface area (Å²) >= 11 is 2.67. The summed E-state index contributed by atoms with van der Waals surface area (Å²) in [5.74, 6) is 0.0959. The van der Waals surface area contributed by atoms with Gasteiger partial charge in [-0.15, -0.1) is 21.5 Å². The quantitative estimate of drug-likeness (QED) is 0.127. The molecule has 5 rings (SSSR count). The molecule has 0 fully saturated rings. The maximum absolute atomic E-state index is 13.5. The van der Waals surface area contributed by atoms with E-state index >= 15 is 0 Å². The van der Waals surface area contributed by atoms with E-state index in [9.17, 15) is 14.4 Å². The number of hydrogen-bond acceptors (Lipinski definition) is 10. The summed E-state index contributed by atoms with van der Waals surface area (Å²) in [6.45, 7) is 3.85. The number of esters is 1. The molecule has 1 atom stereocenters. The summed E-state index contributed by atoms with van der Waals surface area (Å²) in [6, 6.07) is 10.6. The lowest BCUT2D eigenvalue weighted by molar-refractivity contribution is -0.115. The summed E-state index contributed by atoms with van der Waals surface area (Å²) in [4.78, 5) is 40.2. The molecule has 0 spiro atoms. The number of aryl methyl sites for hydroxylation is 1. The number of carbonyl (C=O) groups is 3. The molecule has 0 aliphatic heterocycles. The highest BCUT2D eigenvalue weighted by Gasteiger charge is 2.29. The minimum Gasteiger partial charge on any atom is -0.495 e. The third-order valence-electron chi connectivity index (χ3n) is 6.97. The number of fused-ring (bicyclic) bond motifs is 1. The van der Waals surface area contributed by atoms with Crippen LogP contribution in [0.25, 0.3) is 5.69 Å². The van der Waals surface area contributed by atoms with Crippen LogP contribution in [-0.2, 0) is 28.9 Å². The predicted octanol–water partition coefficient (Wildman–Crippen LogP) is 5.43. The number of para-hydroxylation sites is 2. The zero-order chi connectivity index (χ0) is 30.3. The number of carbonyl (C=O) groups excluding carboxylic acids is 3. The van der Waals surface area contributed by atoms with Gasteiger partial charge in [0.05, 0.1) is 43.0 Å². The molecular weight excluding hydrogens is 590 g/mol. The molecule has 1 aliphatic rings. The molecule has 0 radical (unpaired) electrons. The van der Waals surface area contributed by atoms with Gasteiger partial charge in [0.25, 0.3) is 5.91 Å². The molecule has 0 bridgehead atoms. The molecular formula is C30H33N5O6S2. The number of rotatable bonds is 11. The fraction of sp³-hybridized carbons (Fsp3) is 0.367. The number of thioether (sulfide) groups is 1. The first-order chi connectivity index (χ1) is 20.9. The number of hydrogen-bond donors (Lipinski definition) is 2. The lowest BCUT2D eigenvalue weighted by atomic mass is 10.1. The van der Waals surface area contributed by atoms with E-state index in [0.717, 1.165) is 42.5 Å². The van der Waals surface area contributed by atoms with Crippen molar-refractivity contribution in [3.05, 3.63) is 70.3 Å². The smallest absolute Gasteiger partial charge is 0.341 e. The van der Waals surface area contributed by atoms with Gasteiger partial charge in [-0.2, -0.15) is 0 Å². The minimum absolute atomic E-state index is 0.0510. The van der Waals surface area contributed by atoms with Crippen LogP contribution in [0.15, 0.2) is 52.2 Å². The number of amides is 2. The molecule has 226 valence electrons. The molecule has 0 saturated heterocycles. The number of ether oxygens (including phenoxy) is 2. The van der Waals surface area contributed by atoms with Crippen molar-refractivity contribution in [1.82, 2.24) is 20.1 Å². The second-order valence-corrected chi connectivity index (χ2v) is 12.2. The van der Waals surface area contributed by atoms with Crippen molar-refractivity contribution < 1.29 is 28.3 Å². The van der Waals surface area contributed by atoms with E-state index in [-0.39, 0.29) is 24.8 Å². The molecule has 1 unspecified atom stereocenters. The van der Waals surface area contributed by atoms with Crippen LogP contribution in [-0.4, -0.2) is 51.5 Å². The summed E-state index contributed by atoms with van der Waals surface area (Å²) in [7, 11) is 1.56. The fourth-order valence-corrected chi connectivity index (χ4v) is 7.04. The maximum Gasteiger partial charge on any atom is 0.341 e. The van der Waals surface area contributed by atoms with Gasteiger partial charge in [0.1, 0.15) is 10.8 Å². The summed E-state index contributed by atoms with van der Waals surface area (Å²) in [5, 5.41) is 14.8. The Morgan fingerprint density at radius 3 is 2.70 bits per heavy atom. The van der Waals surface area contributed by atoms with Gasteiger partial charge in [0.15, 0.2) is 16.7 Å². The second kappa shape index (κ2) is 13.9. The highest BCUT2D eigenvalue weighted by Crippen LogP contribution is 2.39. The van der Waals surface area contributed by atoms with Crippen molar-refractivity contribution in [3.63, 3.8) is 0 Å². The highest BCUT2D eigenvalue weighted by atomic mass is 32.2. The monoisotopic (exact) mass is 623 g/mol. The first-order valence-corrected chi connectivity index (χ1v) is 15.8. The standard InChI is InChI=1S/C30H33N5O6S2/c1-4-40-29(38)25-19-11-6-5-7-15-23(19)43-28(25)32-26(36)18(2)42-30-34-33-24(17-31-27(37)22-14-10-16-41-22)35(30)20-12-8-9-13-21(20)39-3/h8-10,12-14,16,18H,4-7,11,15,17H2,1-3H3,(H,31,37)(H,32,36). The number of methoxy groups -OCH3 is 1. The summed E-state index contributed by atoms with van der Waals surface area (Å²) < 4.78 is 17.9. The average molecular weight is 624 g/mol. The van der Waals surface area contributed by atoms with Crippen LogP contribution >= 0.6 is 23.1 Å². The number of aromatic nitrogens is 3. The number of nitrogens with one attached hydrogen (secondary N) is 2. The van der Waals surface area contributed by atoms with E-state index in [0.29, 0.717) is 33.0 Å². The van der Waals surface area contributed by atoms with Crippen LogP contribution in [0.5, 0.6) is 5.75 Å². The van der Waals surface area contributed by atoms with Gasteiger partial charge in [-0.25, -0.2) is 4.79 Å². The molecule has 2 N–H and O–H groups in total. The van der Waals surface area contributed by atoms with Gasteiger partial charge in [-0.3, -0.25) is 14.2 Å². The maximum atomic E-state index is 13.5. The Morgan fingerprint density at radius 2 is 1.93 bits per heavy atom. The lowest BCUT2D eigenvalue weighted by Gasteiger charge is -2.16. The molecule has 43 heavy (non-hydrogen) atoms. The normalized spacial score (nSPS) is 13.5. The van der Waals surface area contributed by atoms with Crippen LogP contribution in [0.4, 0.5) is 5.00 Å². The number of furan rings is 1. The van der Waals surface area contributed by atoms with Crippen LogP contribution < -0.4 is 15.4 Å². The van der Waals surface area contributed by atoms with Gasteiger partial charge in [-0.1, -0.05) is 30.3 Å². The molecule has 11 nitrogen and oxygen atoms in total. The Hall–Kier alpha value is -4.10. The third kappa shape index (κ3) is 6.78. The molecule has 0 saturated carbocycles. The van der Waals surface area contributed by atoms with Gasteiger partial charge in [-0.05, 0) is 69.4 Å². The number of benzene rings is 1. The van der Waals surface area contributed by atoms with Crippen molar-refractivity contribution in [2.24, 2.45) is 0 Å². The molecule has 1 aromatic carbocycles. The van der Waals surface area contributed by atoms with E-state index in [1.165, 1.54) is 29.4 Å². The van der Waals surface area contributed by atoms with Crippen LogP contribution in [0.1, 0.15) is 70.3 Å². The Morgan fingerprint density at radius 1 is 1.12 bits per heavy atom. The van der Waals surface area contributed by atoms with Gasteiger partial charge in [0, 0.05) is 4.88 Å². The van der Waals surface area contributed by atoms with E-state index in [1.54, 1.807) is 37.7 Å². The SMILES string of the molecule is CCOC(=O)c1c(NC(=O)C(C)Sc2nnc(CNC(=O)c3ccco3)n2-c2ccccc2OC)sc2c1CCCCC2. The Balaban J connectivity index is 1.39. The van der Waals surface area contributed by atoms with Crippen LogP contribution in [0.3, 0.4) is 0 Å². The van der Waals surface area contributed by atoms with Gasteiger partial charge < -0.3 is 24.5 Å². The van der Waals surface area contributed by atoms with E-state index in [4.69, 9.17) is 13.9 Å². The lowest BCUT2D eigenvalue weighted by Crippen LogP contribution is -2.25. The second-order valence-electron chi connectivity index (χ2n) is 9.80. The number of thiophene rings is 1. The first-order valence-electron chi connectivity index (χ1n) is 14.1. The zero-order valence-corrected chi connectivity index (χ0v) is 25.8. The summed E-state index contributed by atoms with van der Waals surface area (Å²) in [5.41, 5.74) is 2.12. The largest absolute Gasteiger partial charge is 0.495 e. The Bertz CT molecular complexity index is 1600. The van der Waals surface area contributed by atoms with Crippen molar-refractivity contribution in [1.29, 1.82) is 0 Å². The Kier molecular flexibility index (Phi) is 9.82. The number of anilines is 1. The first kappa shape index (κ1) is 30.4. The van der Waals surface area contributed by atoms with Crippen molar-refractivity contribution in [2.45, 2.75) is 62.9 Å². The Labute approximate surface area is 257 Å². The molecule has 13 heteroatoms. The summed E-state index contributed by atoms with van der Waals surface area (Å²) in [6.07, 6.45) is 6.27. The van der Waals surface area contributed by atoms with Crippen molar-refractivity contribution in [3.8, 4) is 11.4 Å². The van der Waals surface area contributed by atoms with Gasteiger partial charge in [0.2, 0.25) is 5.91 Å². The predicted molar refractivity (Wildman–Crippen MR) is 163 cm³/mol. The van der Waals surface area contributed by atoms with E-state index in [1.807, 2.05) is 24.3 Å². The van der Waals surface area contributed by atoms with E-state index in [2.05, 4.69) is 20.8 Å². The van der Waals surface area contributed by atoms with Crippen molar-refractivity contribution >= 4 is 45.9 Å². The zero-order valence-electron chi connectivity index (χ0n) is 24.2. The topological polar surface area (TPSA) is 138 Å². The average Bonchev–Trinajstić information content (AvgIpc) is 3.72. The van der Waals surface area contributed by atoms with Crippen LogP contribution in [0.2, 0.25) is 0 Å². The minimum atomic E-state index is -0.611. The van der Waals surface area contributed by atoms with E-state index < -0.39 is 17.1 Å². The molecule has 3 aromatic heterocycles. The third-order valence-corrected chi connectivity index (χ3v) is 9.22. The molecule has 3 heterocycles.